The monoisotopic (exact) mass is 642 g/mol. The highest BCUT2D eigenvalue weighted by molar-refractivity contribution is 5.92. The molecule has 1 aliphatic heterocycles. The van der Waals surface area contributed by atoms with Crippen LogP contribution in [0.1, 0.15) is 77.3 Å². The normalized spacial score (nSPS) is 30.7. The number of halogens is 2. The first kappa shape index (κ1) is 32.4. The Balaban J connectivity index is 1.29. The summed E-state index contributed by atoms with van der Waals surface area (Å²) in [6.07, 6.45) is 4.28. The molecule has 0 bridgehead atoms. The second-order valence-electron chi connectivity index (χ2n) is 13.9. The molecule has 1 aromatic carbocycles. The van der Waals surface area contributed by atoms with E-state index < -0.39 is 60.3 Å². The molecule has 1 saturated heterocycles. The van der Waals surface area contributed by atoms with Crippen LogP contribution in [0, 0.1) is 35.5 Å². The first-order valence-electron chi connectivity index (χ1n) is 16.6. The first-order chi connectivity index (χ1) is 21.9. The van der Waals surface area contributed by atoms with Crippen molar-refractivity contribution in [3.63, 3.8) is 0 Å². The number of amides is 2. The smallest absolute Gasteiger partial charge is 0.405 e. The molecule has 8 atom stereocenters. The molecular formula is C34H44F2N4O6. The molecule has 5 unspecified atom stereocenters. The third kappa shape index (κ3) is 6.11. The average Bonchev–Trinajstić information content (AvgIpc) is 3.79. The largest absolute Gasteiger partial charge is 0.497 e. The van der Waals surface area contributed by atoms with Crippen LogP contribution in [-0.4, -0.2) is 76.0 Å². The lowest BCUT2D eigenvalue weighted by Gasteiger charge is -2.28. The van der Waals surface area contributed by atoms with Crippen LogP contribution >= 0.6 is 0 Å². The summed E-state index contributed by atoms with van der Waals surface area (Å²) in [6, 6.07) is 4.20. The van der Waals surface area contributed by atoms with E-state index in [4.69, 9.17) is 24.5 Å². The lowest BCUT2D eigenvalue weighted by Crippen LogP contribution is -2.48. The first-order valence-corrected chi connectivity index (χ1v) is 16.6. The summed E-state index contributed by atoms with van der Waals surface area (Å²) in [6.45, 7) is 4.84. The Morgan fingerprint density at radius 2 is 1.93 bits per heavy atom. The number of ketones is 1. The minimum absolute atomic E-state index is 0.0208. The highest BCUT2D eigenvalue weighted by atomic mass is 19.3. The van der Waals surface area contributed by atoms with E-state index in [1.165, 1.54) is 31.3 Å². The number of rotatable bonds is 13. The minimum atomic E-state index is -2.95. The predicted octanol–water partition coefficient (Wildman–Crippen LogP) is 5.68. The van der Waals surface area contributed by atoms with Crippen LogP contribution in [0.25, 0.3) is 11.0 Å². The third-order valence-electron chi connectivity index (χ3n) is 10.8. The number of hydrogen-bond donors (Lipinski definition) is 2. The number of aromatic nitrogens is 2. The van der Waals surface area contributed by atoms with Crippen molar-refractivity contribution in [2.24, 2.45) is 35.5 Å². The zero-order valence-electron chi connectivity index (χ0n) is 26.9. The van der Waals surface area contributed by atoms with Crippen LogP contribution in [0.3, 0.4) is 0 Å². The summed E-state index contributed by atoms with van der Waals surface area (Å²) in [4.78, 5) is 48.4. The number of Topliss-reactive ketones (excluding diaryl/α,β-unsaturated/α-hetero) is 1. The minimum Gasteiger partial charge on any atom is -0.497 e. The molecule has 6 rings (SSSR count). The Morgan fingerprint density at radius 3 is 2.57 bits per heavy atom. The SMILES string of the molecule is CC[C@@H]1C(Oc2nc3cc(OC)ccc3nc2C2C(CCC[C@H]3CCC4CC43)C2(F)F)CN(C(=O)CNC(=O)O)[C@@H]1C(=O)C(C)C. The standard InChI is InChI=1S/C34H44F2N4O6/c1-5-21-26(16-40(27(41)15-37-33(43)44)30(21)31(42)17(2)3)46-32-29(38-24-12-11-20(45-4)14-25(24)39-32)28-23(34(28,35)36)8-6-7-18-9-10-19-13-22(18)19/h11-12,14,17-19,21-23,26,28,30,37H,5-10,13,15-16H2,1-4H3,(H,43,44)/t18-,19?,21+,22?,23?,26?,28?,30-/m0/s1. The van der Waals surface area contributed by atoms with E-state index in [1.54, 1.807) is 32.0 Å². The fraction of sp³-hybridized carbons (Fsp3) is 0.676. The number of methoxy groups -OCH3 is 1. The van der Waals surface area contributed by atoms with Gasteiger partial charge in [0.2, 0.25) is 11.8 Å². The number of hydrogen-bond acceptors (Lipinski definition) is 7. The van der Waals surface area contributed by atoms with Gasteiger partial charge >= 0.3 is 6.09 Å². The lowest BCUT2D eigenvalue weighted by molar-refractivity contribution is -0.139. The van der Waals surface area contributed by atoms with Gasteiger partial charge in [0.15, 0.2) is 5.78 Å². The summed E-state index contributed by atoms with van der Waals surface area (Å²) in [5, 5.41) is 11.1. The van der Waals surface area contributed by atoms with Gasteiger partial charge in [-0.2, -0.15) is 0 Å². The van der Waals surface area contributed by atoms with E-state index in [2.05, 4.69) is 5.32 Å². The van der Waals surface area contributed by atoms with Gasteiger partial charge in [0.25, 0.3) is 5.92 Å². The van der Waals surface area contributed by atoms with E-state index in [-0.39, 0.29) is 23.9 Å². The average molecular weight is 643 g/mol. The summed E-state index contributed by atoms with van der Waals surface area (Å²) < 4.78 is 43.0. The van der Waals surface area contributed by atoms with Crippen LogP contribution in [-0.2, 0) is 9.59 Å². The van der Waals surface area contributed by atoms with Gasteiger partial charge in [-0.1, -0.05) is 33.6 Å². The zero-order chi connectivity index (χ0) is 32.9. The Labute approximate surface area is 267 Å². The lowest BCUT2D eigenvalue weighted by atomic mass is 9.88. The van der Waals surface area contributed by atoms with Gasteiger partial charge in [0.1, 0.15) is 24.1 Å². The maximum Gasteiger partial charge on any atom is 0.405 e. The quantitative estimate of drug-likeness (QED) is 0.285. The summed E-state index contributed by atoms with van der Waals surface area (Å²) in [5.41, 5.74) is 0.950. The van der Waals surface area contributed by atoms with Crippen molar-refractivity contribution in [1.82, 2.24) is 20.2 Å². The highest BCUT2D eigenvalue weighted by Gasteiger charge is 2.70. The second kappa shape index (κ2) is 12.6. The molecule has 0 spiro atoms. The van der Waals surface area contributed by atoms with E-state index >= 15 is 8.78 Å². The molecule has 3 aliphatic carbocycles. The molecule has 4 fully saturated rings. The highest BCUT2D eigenvalue weighted by Crippen LogP contribution is 2.65. The number of nitrogens with one attached hydrogen (secondary N) is 1. The molecule has 2 heterocycles. The number of carbonyl (C=O) groups excluding carboxylic acids is 2. The third-order valence-corrected chi connectivity index (χ3v) is 10.8. The van der Waals surface area contributed by atoms with Gasteiger partial charge in [-0.05, 0) is 62.0 Å². The Hall–Kier alpha value is -3.57. The number of nitrogens with zero attached hydrogens (tertiary/aromatic N) is 3. The molecule has 2 amide bonds. The fourth-order valence-corrected chi connectivity index (χ4v) is 8.20. The van der Waals surface area contributed by atoms with Crippen LogP contribution in [0.4, 0.5) is 13.6 Å². The van der Waals surface area contributed by atoms with E-state index in [1.807, 2.05) is 6.92 Å². The maximum atomic E-state index is 15.6. The fourth-order valence-electron chi connectivity index (χ4n) is 8.20. The van der Waals surface area contributed by atoms with Gasteiger partial charge in [0, 0.05) is 23.8 Å². The molecule has 12 heteroatoms. The van der Waals surface area contributed by atoms with E-state index in [0.717, 1.165) is 24.7 Å². The van der Waals surface area contributed by atoms with Gasteiger partial charge < -0.3 is 24.8 Å². The van der Waals surface area contributed by atoms with Gasteiger partial charge in [-0.25, -0.2) is 23.5 Å². The second-order valence-corrected chi connectivity index (χ2v) is 13.9. The molecule has 4 aliphatic rings. The van der Waals surface area contributed by atoms with Crippen molar-refractivity contribution in [2.75, 3.05) is 20.2 Å². The van der Waals surface area contributed by atoms with Crippen LogP contribution in [0.15, 0.2) is 18.2 Å². The molecule has 10 nitrogen and oxygen atoms in total. The maximum absolute atomic E-state index is 15.6. The number of likely N-dealkylation sites (tertiary alicyclic amines) is 1. The van der Waals surface area contributed by atoms with E-state index in [9.17, 15) is 14.4 Å². The Bertz CT molecular complexity index is 1500. The summed E-state index contributed by atoms with van der Waals surface area (Å²) in [7, 11) is 1.52. The topological polar surface area (TPSA) is 131 Å². The molecule has 250 valence electrons. The number of benzene rings is 1. The predicted molar refractivity (Wildman–Crippen MR) is 165 cm³/mol. The summed E-state index contributed by atoms with van der Waals surface area (Å²) in [5.74, 6) is -3.74. The van der Waals surface area contributed by atoms with Crippen LogP contribution in [0.5, 0.6) is 11.6 Å². The number of fused-ring (bicyclic) bond motifs is 2. The number of carbonyl (C=O) groups is 3. The van der Waals surface area contributed by atoms with E-state index in [0.29, 0.717) is 35.5 Å². The Morgan fingerprint density at radius 1 is 1.15 bits per heavy atom. The van der Waals surface area contributed by atoms with Crippen LogP contribution < -0.4 is 14.8 Å². The summed E-state index contributed by atoms with van der Waals surface area (Å²) >= 11 is 0. The Kier molecular flexibility index (Phi) is 8.84. The molecule has 1 aromatic heterocycles. The molecule has 3 saturated carbocycles. The molecule has 2 N–H and O–H groups in total. The number of alkyl halides is 2. The van der Waals surface area contributed by atoms with Crippen molar-refractivity contribution in [1.29, 1.82) is 0 Å². The van der Waals surface area contributed by atoms with Crippen molar-refractivity contribution < 1.29 is 37.7 Å². The van der Waals surface area contributed by atoms with Gasteiger partial charge in [0.05, 0.1) is 36.6 Å². The van der Waals surface area contributed by atoms with Gasteiger partial charge in [-0.3, -0.25) is 9.59 Å². The molecule has 46 heavy (non-hydrogen) atoms. The number of carboxylic acid groups (broad SMARTS) is 1. The van der Waals surface area contributed by atoms with Gasteiger partial charge in [-0.15, -0.1) is 0 Å². The zero-order valence-corrected chi connectivity index (χ0v) is 26.9. The molecule has 0 radical (unpaired) electrons. The van der Waals surface area contributed by atoms with Crippen molar-refractivity contribution in [3.8, 4) is 11.6 Å². The number of ether oxygens (including phenoxy) is 2. The van der Waals surface area contributed by atoms with Crippen LogP contribution in [0.2, 0.25) is 0 Å². The van der Waals surface area contributed by atoms with Crippen molar-refractivity contribution in [2.45, 2.75) is 89.7 Å². The van der Waals surface area contributed by atoms with Crippen molar-refractivity contribution in [3.05, 3.63) is 23.9 Å². The molecular weight excluding hydrogens is 598 g/mol. The van der Waals surface area contributed by atoms with Crippen molar-refractivity contribution >= 4 is 28.8 Å². The molecule has 2 aromatic rings.